The third-order valence-electron chi connectivity index (χ3n) is 6.67. The van der Waals surface area contributed by atoms with Gasteiger partial charge in [0.2, 0.25) is 0 Å². The predicted octanol–water partition coefficient (Wildman–Crippen LogP) is 3.64. The number of aryl methyl sites for hydroxylation is 1. The fraction of sp³-hybridized carbons (Fsp3) is 0.360. The van der Waals surface area contributed by atoms with Crippen LogP contribution in [0.5, 0.6) is 5.75 Å². The maximum Gasteiger partial charge on any atom is 0.534 e. The highest BCUT2D eigenvalue weighted by Crippen LogP contribution is 2.39. The number of amides is 1. The molecule has 41 heavy (non-hydrogen) atoms. The second-order valence-electron chi connectivity index (χ2n) is 10.2. The molecule has 0 saturated heterocycles. The summed E-state index contributed by atoms with van der Waals surface area (Å²) in [5, 5.41) is 30.0. The maximum absolute atomic E-state index is 13.5. The van der Waals surface area contributed by atoms with E-state index in [0.717, 1.165) is 17.0 Å². The highest BCUT2D eigenvalue weighted by molar-refractivity contribution is 7.91. The van der Waals surface area contributed by atoms with Crippen LogP contribution in [0.1, 0.15) is 39.7 Å². The molecule has 2 aromatic heterocycles. The fourth-order valence-corrected chi connectivity index (χ4v) is 8.09. The Morgan fingerprint density at radius 1 is 1.20 bits per heavy atom. The van der Waals surface area contributed by atoms with Gasteiger partial charge in [0.25, 0.3) is 15.6 Å². The van der Waals surface area contributed by atoms with Crippen molar-refractivity contribution in [3.05, 3.63) is 51.6 Å². The van der Waals surface area contributed by atoms with E-state index in [-0.39, 0.29) is 29.5 Å². The molecule has 3 aromatic rings. The molecule has 0 fully saturated rings. The molecule has 1 amide bonds. The van der Waals surface area contributed by atoms with Crippen molar-refractivity contribution in [1.29, 1.82) is 0 Å². The number of quaternary nitrogens is 1. The van der Waals surface area contributed by atoms with Gasteiger partial charge >= 0.3 is 16.1 Å². The summed E-state index contributed by atoms with van der Waals surface area (Å²) in [5.41, 5.74) is -1.49. The molecule has 16 heteroatoms. The van der Waals surface area contributed by atoms with Crippen LogP contribution >= 0.6 is 11.3 Å². The monoisotopic (exact) mass is 624 g/mol. The van der Waals surface area contributed by atoms with Crippen molar-refractivity contribution in [3.8, 4) is 16.3 Å². The van der Waals surface area contributed by atoms with Crippen molar-refractivity contribution in [2.24, 2.45) is 10.3 Å². The molecule has 1 aromatic carbocycles. The number of nitrogens with one attached hydrogen (secondary N) is 1. The van der Waals surface area contributed by atoms with Crippen molar-refractivity contribution in [2.45, 2.75) is 51.6 Å². The van der Waals surface area contributed by atoms with Gasteiger partial charge in [0.05, 0.1) is 16.8 Å². The third kappa shape index (κ3) is 5.16. The van der Waals surface area contributed by atoms with E-state index in [4.69, 9.17) is 0 Å². The highest BCUT2D eigenvalue weighted by Gasteiger charge is 2.53. The fourth-order valence-electron chi connectivity index (χ4n) is 4.69. The molecule has 1 aliphatic rings. The van der Waals surface area contributed by atoms with Crippen molar-refractivity contribution in [2.75, 3.05) is 11.6 Å². The van der Waals surface area contributed by atoms with Crippen LogP contribution in [0.15, 0.2) is 49.8 Å². The number of amidine groups is 1. The summed E-state index contributed by atoms with van der Waals surface area (Å²) in [5.74, 6) is -0.776. The van der Waals surface area contributed by atoms with Crippen molar-refractivity contribution >= 4 is 54.7 Å². The van der Waals surface area contributed by atoms with Crippen LogP contribution in [0.2, 0.25) is 0 Å². The van der Waals surface area contributed by atoms with Gasteiger partial charge < -0.3 is 15.5 Å². The van der Waals surface area contributed by atoms with Crippen LogP contribution in [-0.4, -0.2) is 61.1 Å². The molecule has 1 unspecified atom stereocenters. The number of aromatic nitrogens is 2. The minimum absolute atomic E-state index is 0.0787. The Balaban J connectivity index is 1.93. The molecule has 13 nitrogen and oxygen atoms in total. The number of benzene rings is 1. The molecular formula is C25H30N5O8S3+. The number of carboxylic acid groups (broad SMARTS) is 1. The zero-order valence-corrected chi connectivity index (χ0v) is 25.3. The molecule has 0 radical (unpaired) electrons. The number of aromatic hydroxyl groups is 1. The van der Waals surface area contributed by atoms with Gasteiger partial charge in [0.15, 0.2) is 17.3 Å². The lowest BCUT2D eigenvalue weighted by Gasteiger charge is -2.33. The summed E-state index contributed by atoms with van der Waals surface area (Å²) in [4.78, 5) is 25.9. The maximum atomic E-state index is 13.5. The lowest BCUT2D eigenvalue weighted by molar-refractivity contribution is 0.165. The number of hydrogen-bond donors (Lipinski definition) is 3. The highest BCUT2D eigenvalue weighted by atomic mass is 32.2. The summed E-state index contributed by atoms with van der Waals surface area (Å²) >= 11 is 1.27. The zero-order chi connectivity index (χ0) is 30.5. The van der Waals surface area contributed by atoms with Crippen LogP contribution in [0.3, 0.4) is 0 Å². The van der Waals surface area contributed by atoms with Gasteiger partial charge in [-0.25, -0.2) is 4.68 Å². The molecule has 0 bridgehead atoms. The molecule has 3 heterocycles. The Labute approximate surface area is 241 Å². The number of fused-ring (bicyclic) bond motifs is 1. The Bertz CT molecular complexity index is 1830. The second kappa shape index (κ2) is 10.7. The molecule has 0 aliphatic carbocycles. The topological polar surface area (TPSA) is 185 Å². The molecule has 3 N–H and O–H groups in total. The SMILES string of the molecule is CC(C)CCn1nc(-c2cccs2)c(O)c(C2=NS(=O)(=O)c3cc([N+](C(=O)O)(C(C)C)S(C)(=O)=O)ccc3N2)c1=O. The van der Waals surface area contributed by atoms with Gasteiger partial charge in [-0.2, -0.15) is 26.7 Å². The number of sulfonamides is 2. The lowest BCUT2D eigenvalue weighted by Crippen LogP contribution is -2.61. The van der Waals surface area contributed by atoms with Crippen LogP contribution < -0.4 is 14.8 Å². The summed E-state index contributed by atoms with van der Waals surface area (Å²) in [7, 11) is -8.95. The molecule has 4 rings (SSSR count). The molecule has 0 saturated carbocycles. The minimum atomic E-state index is -4.61. The Morgan fingerprint density at radius 2 is 1.88 bits per heavy atom. The van der Waals surface area contributed by atoms with E-state index < -0.39 is 63.7 Å². The molecule has 1 aliphatic heterocycles. The van der Waals surface area contributed by atoms with E-state index in [1.807, 2.05) is 13.8 Å². The van der Waals surface area contributed by atoms with Crippen molar-refractivity contribution in [3.63, 3.8) is 0 Å². The number of anilines is 1. The average Bonchev–Trinajstić information content (AvgIpc) is 3.37. The largest absolute Gasteiger partial charge is 0.534 e. The molecular weight excluding hydrogens is 595 g/mol. The van der Waals surface area contributed by atoms with Gasteiger partial charge in [-0.3, -0.25) is 4.79 Å². The van der Waals surface area contributed by atoms with Crippen LogP contribution in [0.4, 0.5) is 16.2 Å². The number of carbonyl (C=O) groups is 1. The van der Waals surface area contributed by atoms with Crippen LogP contribution in [0.25, 0.3) is 10.6 Å². The van der Waals surface area contributed by atoms with Crippen LogP contribution in [0, 0.1) is 5.92 Å². The van der Waals surface area contributed by atoms with Gasteiger partial charge in [-0.05, 0) is 43.7 Å². The smallest absolute Gasteiger partial charge is 0.505 e. The van der Waals surface area contributed by atoms with Crippen LogP contribution in [-0.2, 0) is 26.6 Å². The van der Waals surface area contributed by atoms with Crippen molar-refractivity contribution in [1.82, 2.24) is 13.7 Å². The summed E-state index contributed by atoms with van der Waals surface area (Å²) < 4.78 is 55.7. The zero-order valence-electron chi connectivity index (χ0n) is 22.9. The van der Waals surface area contributed by atoms with Gasteiger partial charge in [-0.1, -0.05) is 23.8 Å². The first-order chi connectivity index (χ1) is 19.0. The van der Waals surface area contributed by atoms with E-state index in [2.05, 4.69) is 14.8 Å². The Morgan fingerprint density at radius 3 is 2.41 bits per heavy atom. The summed E-state index contributed by atoms with van der Waals surface area (Å²) in [6.45, 7) is 6.92. The normalized spacial score (nSPS) is 16.1. The van der Waals surface area contributed by atoms with Crippen molar-refractivity contribution < 1.29 is 31.8 Å². The van der Waals surface area contributed by atoms with E-state index in [1.54, 1.807) is 17.5 Å². The number of thiophene rings is 1. The van der Waals surface area contributed by atoms with E-state index >= 15 is 0 Å². The number of rotatable bonds is 8. The molecule has 220 valence electrons. The third-order valence-corrected chi connectivity index (χ3v) is 10.7. The standard InChI is InChI=1S/C25H29N5O8S3/c1-14(2)10-11-29-24(32)20(22(31)21(27-29)18-7-6-12-39-18)23-26-17-9-8-16(13-19(17)41(37,38)28-23)30(15(3)4,25(33)34)40(5,35)36/h6-9,12-15H,10-11H2,1-5H3,(H2-,26,28,31,32,33,34)/p+1. The first kappa shape index (κ1) is 30.4. The predicted molar refractivity (Wildman–Crippen MR) is 157 cm³/mol. The Hall–Kier alpha value is -3.60. The molecule has 0 spiro atoms. The first-order valence-electron chi connectivity index (χ1n) is 12.5. The number of nitrogens with zero attached hydrogens (tertiary/aromatic N) is 4. The first-order valence-corrected chi connectivity index (χ1v) is 16.7. The Kier molecular flexibility index (Phi) is 7.90. The summed E-state index contributed by atoms with van der Waals surface area (Å²) in [6.07, 6.45) is -0.367. The van der Waals surface area contributed by atoms with Gasteiger partial charge in [0, 0.05) is 18.7 Å². The van der Waals surface area contributed by atoms with Gasteiger partial charge in [-0.15, -0.1) is 15.7 Å². The summed E-state index contributed by atoms with van der Waals surface area (Å²) in [6, 6.07) is 5.74. The van der Waals surface area contributed by atoms with E-state index in [0.29, 0.717) is 11.3 Å². The van der Waals surface area contributed by atoms with E-state index in [1.165, 1.54) is 37.3 Å². The number of hydrogen-bond acceptors (Lipinski definition) is 10. The minimum Gasteiger partial charge on any atom is -0.505 e. The molecule has 1 atom stereocenters. The van der Waals surface area contributed by atoms with E-state index in [9.17, 15) is 36.6 Å². The quantitative estimate of drug-likeness (QED) is 0.313. The second-order valence-corrected chi connectivity index (χ2v) is 14.8. The van der Waals surface area contributed by atoms with Gasteiger partial charge in [0.1, 0.15) is 22.2 Å². The average molecular weight is 625 g/mol. The lowest BCUT2D eigenvalue weighted by atomic mass is 10.1.